The van der Waals surface area contributed by atoms with Crippen molar-refractivity contribution in [2.45, 2.75) is 11.8 Å². The zero-order valence-electron chi connectivity index (χ0n) is 12.2. The van der Waals surface area contributed by atoms with E-state index in [0.29, 0.717) is 32.8 Å². The molecule has 0 spiro atoms. The van der Waals surface area contributed by atoms with E-state index in [-0.39, 0.29) is 9.92 Å². The minimum atomic E-state index is -3.54. The van der Waals surface area contributed by atoms with Gasteiger partial charge in [0.15, 0.2) is 0 Å². The topological polar surface area (TPSA) is 49.9 Å². The molecule has 0 bridgehead atoms. The third kappa shape index (κ3) is 4.17. The molecule has 118 valence electrons. The Morgan fingerprint density at radius 1 is 1.29 bits per heavy atom. The smallest absolute Gasteiger partial charge is 0.244 e. The maximum absolute atomic E-state index is 12.7. The fourth-order valence-electron chi connectivity index (χ4n) is 2.32. The summed E-state index contributed by atoms with van der Waals surface area (Å²) in [4.78, 5) is 2.39. The number of hydrogen-bond acceptors (Lipinski definition) is 4. The molecular formula is C14H21ClN2O3S. The van der Waals surface area contributed by atoms with Gasteiger partial charge in [-0.3, -0.25) is 4.90 Å². The van der Waals surface area contributed by atoms with E-state index in [0.717, 1.165) is 13.1 Å². The number of rotatable bonds is 6. The normalized spacial score (nSPS) is 17.3. The zero-order chi connectivity index (χ0) is 15.3. The van der Waals surface area contributed by atoms with Crippen LogP contribution in [0.15, 0.2) is 29.2 Å². The van der Waals surface area contributed by atoms with Crippen LogP contribution in [0.2, 0.25) is 5.02 Å². The molecule has 0 amide bonds. The number of morpholine rings is 1. The Morgan fingerprint density at radius 3 is 2.57 bits per heavy atom. The molecule has 21 heavy (non-hydrogen) atoms. The first-order valence-corrected chi connectivity index (χ1v) is 8.92. The molecule has 1 saturated heterocycles. The lowest BCUT2D eigenvalue weighted by Gasteiger charge is -2.29. The molecule has 1 heterocycles. The molecule has 0 unspecified atom stereocenters. The summed E-state index contributed by atoms with van der Waals surface area (Å²) in [5.41, 5.74) is 0. The van der Waals surface area contributed by atoms with E-state index in [9.17, 15) is 8.42 Å². The van der Waals surface area contributed by atoms with Gasteiger partial charge in [-0.15, -0.1) is 0 Å². The Kier molecular flexibility index (Phi) is 6.01. The van der Waals surface area contributed by atoms with Crippen molar-refractivity contribution in [2.75, 3.05) is 45.9 Å². The second kappa shape index (κ2) is 7.56. The van der Waals surface area contributed by atoms with Gasteiger partial charge in [-0.05, 0) is 12.1 Å². The average Bonchev–Trinajstić information content (AvgIpc) is 2.49. The van der Waals surface area contributed by atoms with Crippen LogP contribution >= 0.6 is 11.6 Å². The molecule has 0 N–H and O–H groups in total. The van der Waals surface area contributed by atoms with Crippen molar-refractivity contribution in [3.63, 3.8) is 0 Å². The van der Waals surface area contributed by atoms with Crippen LogP contribution in [0, 0.1) is 0 Å². The van der Waals surface area contributed by atoms with E-state index in [1.807, 2.05) is 6.92 Å². The molecule has 0 radical (unpaired) electrons. The van der Waals surface area contributed by atoms with Gasteiger partial charge in [0.05, 0.1) is 18.2 Å². The highest BCUT2D eigenvalue weighted by Gasteiger charge is 2.25. The number of ether oxygens (including phenoxy) is 1. The Labute approximate surface area is 131 Å². The number of likely N-dealkylation sites (N-methyl/N-ethyl adjacent to an activating group) is 1. The monoisotopic (exact) mass is 332 g/mol. The van der Waals surface area contributed by atoms with Gasteiger partial charge in [0, 0.05) is 32.7 Å². The molecule has 0 atom stereocenters. The molecule has 1 aromatic rings. The van der Waals surface area contributed by atoms with E-state index in [2.05, 4.69) is 4.90 Å². The van der Waals surface area contributed by atoms with Gasteiger partial charge < -0.3 is 4.74 Å². The van der Waals surface area contributed by atoms with Crippen molar-refractivity contribution in [2.24, 2.45) is 0 Å². The van der Waals surface area contributed by atoms with Crippen molar-refractivity contribution >= 4 is 21.6 Å². The Morgan fingerprint density at radius 2 is 1.95 bits per heavy atom. The Bertz CT molecular complexity index is 559. The van der Waals surface area contributed by atoms with Crippen LogP contribution in [0.4, 0.5) is 0 Å². The lowest BCUT2D eigenvalue weighted by molar-refractivity contribution is 0.0364. The number of halogens is 1. The number of sulfonamides is 1. The fraction of sp³-hybridized carbons (Fsp3) is 0.571. The van der Waals surface area contributed by atoms with Crippen LogP contribution in [0.25, 0.3) is 0 Å². The molecule has 5 nitrogen and oxygen atoms in total. The molecule has 0 saturated carbocycles. The average molecular weight is 333 g/mol. The van der Waals surface area contributed by atoms with Crippen molar-refractivity contribution in [1.29, 1.82) is 0 Å². The SMILES string of the molecule is CCN(CCN1CCOCC1)S(=O)(=O)c1ccccc1Cl. The Hall–Kier alpha value is -0.660. The van der Waals surface area contributed by atoms with Crippen LogP contribution in [-0.2, 0) is 14.8 Å². The molecular weight excluding hydrogens is 312 g/mol. The standard InChI is InChI=1S/C14H21ClN2O3S/c1-2-17(8-7-16-9-11-20-12-10-16)21(18,19)14-6-4-3-5-13(14)15/h3-6H,2,7-12H2,1H3. The van der Waals surface area contributed by atoms with Crippen LogP contribution in [-0.4, -0.2) is 63.6 Å². The summed E-state index contributed by atoms with van der Waals surface area (Å²) >= 11 is 6.03. The van der Waals surface area contributed by atoms with Crippen LogP contribution in [0.3, 0.4) is 0 Å². The van der Waals surface area contributed by atoms with Gasteiger partial charge in [0.25, 0.3) is 0 Å². The lowest BCUT2D eigenvalue weighted by Crippen LogP contribution is -2.43. The summed E-state index contributed by atoms with van der Waals surface area (Å²) in [5.74, 6) is 0. The minimum absolute atomic E-state index is 0.176. The summed E-state index contributed by atoms with van der Waals surface area (Å²) in [6, 6.07) is 6.57. The molecule has 1 aliphatic rings. The molecule has 0 aliphatic carbocycles. The molecule has 7 heteroatoms. The van der Waals surface area contributed by atoms with Gasteiger partial charge in [-0.25, -0.2) is 8.42 Å². The summed E-state index contributed by atoms with van der Waals surface area (Å²) in [5, 5.41) is 0.266. The van der Waals surface area contributed by atoms with E-state index in [1.165, 1.54) is 4.31 Å². The summed E-state index contributed by atoms with van der Waals surface area (Å²) in [6.07, 6.45) is 0. The van der Waals surface area contributed by atoms with E-state index in [1.54, 1.807) is 24.3 Å². The molecule has 1 aliphatic heterocycles. The molecule has 2 rings (SSSR count). The van der Waals surface area contributed by atoms with Gasteiger partial charge >= 0.3 is 0 Å². The van der Waals surface area contributed by atoms with Crippen LogP contribution < -0.4 is 0 Å². The van der Waals surface area contributed by atoms with Crippen LogP contribution in [0.5, 0.6) is 0 Å². The number of nitrogens with zero attached hydrogens (tertiary/aromatic N) is 2. The predicted octanol–water partition coefficient (Wildman–Crippen LogP) is 1.68. The predicted molar refractivity (Wildman–Crippen MR) is 83.1 cm³/mol. The van der Waals surface area contributed by atoms with E-state index >= 15 is 0 Å². The van der Waals surface area contributed by atoms with Gasteiger partial charge in [-0.2, -0.15) is 4.31 Å². The Balaban J connectivity index is 2.07. The van der Waals surface area contributed by atoms with Crippen molar-refractivity contribution in [3.8, 4) is 0 Å². The largest absolute Gasteiger partial charge is 0.379 e. The third-order valence-electron chi connectivity index (χ3n) is 3.58. The van der Waals surface area contributed by atoms with Gasteiger partial charge in [0.1, 0.15) is 4.90 Å². The summed E-state index contributed by atoms with van der Waals surface area (Å²) in [6.45, 7) is 6.57. The molecule has 0 aromatic heterocycles. The third-order valence-corrected chi connectivity index (χ3v) is 6.05. The minimum Gasteiger partial charge on any atom is -0.379 e. The van der Waals surface area contributed by atoms with Gasteiger partial charge in [-0.1, -0.05) is 30.7 Å². The zero-order valence-corrected chi connectivity index (χ0v) is 13.7. The second-order valence-corrected chi connectivity index (χ2v) is 7.19. The maximum Gasteiger partial charge on any atom is 0.244 e. The van der Waals surface area contributed by atoms with Crippen LogP contribution in [0.1, 0.15) is 6.92 Å². The van der Waals surface area contributed by atoms with Crippen molar-refractivity contribution in [1.82, 2.24) is 9.21 Å². The molecule has 1 fully saturated rings. The highest BCUT2D eigenvalue weighted by molar-refractivity contribution is 7.89. The fourth-order valence-corrected chi connectivity index (χ4v) is 4.25. The number of hydrogen-bond donors (Lipinski definition) is 0. The van der Waals surface area contributed by atoms with E-state index in [4.69, 9.17) is 16.3 Å². The summed E-state index contributed by atoms with van der Waals surface area (Å²) < 4.78 is 32.1. The lowest BCUT2D eigenvalue weighted by atomic mass is 10.4. The first-order valence-electron chi connectivity index (χ1n) is 7.10. The second-order valence-electron chi connectivity index (χ2n) is 4.88. The summed E-state index contributed by atoms with van der Waals surface area (Å²) in [7, 11) is -3.54. The number of benzene rings is 1. The molecule has 1 aromatic carbocycles. The highest BCUT2D eigenvalue weighted by atomic mass is 35.5. The van der Waals surface area contributed by atoms with Crippen molar-refractivity contribution in [3.05, 3.63) is 29.3 Å². The first-order chi connectivity index (χ1) is 10.1. The van der Waals surface area contributed by atoms with Crippen molar-refractivity contribution < 1.29 is 13.2 Å². The maximum atomic E-state index is 12.7. The first kappa shape index (κ1) is 16.7. The van der Waals surface area contributed by atoms with E-state index < -0.39 is 10.0 Å². The van der Waals surface area contributed by atoms with Gasteiger partial charge in [0.2, 0.25) is 10.0 Å². The highest BCUT2D eigenvalue weighted by Crippen LogP contribution is 2.24. The quantitative estimate of drug-likeness (QED) is 0.795.